The van der Waals surface area contributed by atoms with E-state index in [4.69, 9.17) is 5.73 Å². The number of sulfonamides is 1. The van der Waals surface area contributed by atoms with Gasteiger partial charge in [-0.05, 0) is 61.8 Å². The van der Waals surface area contributed by atoms with E-state index in [2.05, 4.69) is 11.6 Å². The maximum Gasteiger partial charge on any atom is 0.241 e. The molecule has 1 saturated carbocycles. The molecule has 0 amide bonds. The largest absolute Gasteiger partial charge is 0.398 e. The van der Waals surface area contributed by atoms with Gasteiger partial charge in [-0.15, -0.1) is 0 Å². The Morgan fingerprint density at radius 3 is 2.35 bits per heavy atom. The fraction of sp³-hybridized carbons (Fsp3) is 0.600. The molecule has 0 saturated heterocycles. The molecule has 0 unspecified atom stereocenters. The molecule has 0 aliphatic heterocycles. The van der Waals surface area contributed by atoms with Crippen LogP contribution in [-0.2, 0) is 10.0 Å². The summed E-state index contributed by atoms with van der Waals surface area (Å²) in [5.74, 6) is 0. The van der Waals surface area contributed by atoms with E-state index < -0.39 is 10.0 Å². The van der Waals surface area contributed by atoms with Crippen LogP contribution in [0.4, 0.5) is 5.69 Å². The monoisotopic (exact) mass is 296 g/mol. The van der Waals surface area contributed by atoms with Crippen LogP contribution in [0.15, 0.2) is 11.0 Å². The molecule has 2 rings (SSSR count). The predicted octanol–water partition coefficient (Wildman–Crippen LogP) is 2.66. The number of nitrogens with two attached hydrogens (primary N) is 1. The first-order valence-electron chi connectivity index (χ1n) is 7.02. The molecule has 112 valence electrons. The van der Waals surface area contributed by atoms with Crippen LogP contribution < -0.4 is 10.5 Å². The van der Waals surface area contributed by atoms with Crippen LogP contribution in [0.3, 0.4) is 0 Å². The average Bonchev–Trinajstić information content (AvgIpc) is 2.32. The molecule has 1 aromatic carbocycles. The van der Waals surface area contributed by atoms with Gasteiger partial charge in [0.1, 0.15) is 0 Å². The van der Waals surface area contributed by atoms with Gasteiger partial charge in [0, 0.05) is 12.2 Å². The van der Waals surface area contributed by atoms with Crippen molar-refractivity contribution in [3.8, 4) is 0 Å². The normalized spacial score (nSPS) is 17.8. The summed E-state index contributed by atoms with van der Waals surface area (Å²) in [6.07, 6.45) is 3.36. The fourth-order valence-electron chi connectivity index (χ4n) is 2.74. The molecule has 1 fully saturated rings. The molecular formula is C15H24N2O2S. The quantitative estimate of drug-likeness (QED) is 0.839. The van der Waals surface area contributed by atoms with E-state index in [1.807, 2.05) is 19.9 Å². The Balaban J connectivity index is 2.34. The van der Waals surface area contributed by atoms with E-state index in [0.29, 0.717) is 22.7 Å². The van der Waals surface area contributed by atoms with Gasteiger partial charge in [-0.3, -0.25) is 0 Å². The minimum absolute atomic E-state index is 0.115. The van der Waals surface area contributed by atoms with E-state index in [1.54, 1.807) is 6.92 Å². The molecule has 0 atom stereocenters. The molecule has 1 aromatic rings. The lowest BCUT2D eigenvalue weighted by Gasteiger charge is -2.38. The van der Waals surface area contributed by atoms with E-state index in [9.17, 15) is 8.42 Å². The minimum Gasteiger partial charge on any atom is -0.398 e. The van der Waals surface area contributed by atoms with Crippen molar-refractivity contribution in [2.75, 3.05) is 12.3 Å². The van der Waals surface area contributed by atoms with Crippen LogP contribution in [0.5, 0.6) is 0 Å². The summed E-state index contributed by atoms with van der Waals surface area (Å²) < 4.78 is 28.0. The van der Waals surface area contributed by atoms with Crippen LogP contribution in [0.1, 0.15) is 42.9 Å². The molecule has 0 radical (unpaired) electrons. The number of nitrogen functional groups attached to an aromatic ring is 1. The first-order chi connectivity index (χ1) is 9.16. The molecule has 0 aromatic heterocycles. The molecule has 4 nitrogen and oxygen atoms in total. The van der Waals surface area contributed by atoms with Gasteiger partial charge < -0.3 is 5.73 Å². The summed E-state index contributed by atoms with van der Waals surface area (Å²) in [6, 6.07) is 1.83. The number of hydrogen-bond acceptors (Lipinski definition) is 3. The van der Waals surface area contributed by atoms with Crippen LogP contribution in [0, 0.1) is 26.2 Å². The molecular weight excluding hydrogens is 272 g/mol. The zero-order valence-electron chi connectivity index (χ0n) is 12.7. The average molecular weight is 296 g/mol. The van der Waals surface area contributed by atoms with E-state index in [1.165, 1.54) is 6.42 Å². The Kier molecular flexibility index (Phi) is 3.86. The molecule has 0 heterocycles. The summed E-state index contributed by atoms with van der Waals surface area (Å²) in [7, 11) is -3.51. The second-order valence-electron chi connectivity index (χ2n) is 6.35. The lowest BCUT2D eigenvalue weighted by Crippen LogP contribution is -2.40. The van der Waals surface area contributed by atoms with E-state index >= 15 is 0 Å². The van der Waals surface area contributed by atoms with Gasteiger partial charge in [0.05, 0.1) is 4.90 Å². The molecule has 1 aliphatic carbocycles. The van der Waals surface area contributed by atoms with Crippen molar-refractivity contribution in [3.05, 3.63) is 22.8 Å². The smallest absolute Gasteiger partial charge is 0.241 e. The highest BCUT2D eigenvalue weighted by molar-refractivity contribution is 7.89. The highest BCUT2D eigenvalue weighted by Crippen LogP contribution is 2.40. The van der Waals surface area contributed by atoms with Crippen molar-refractivity contribution in [3.63, 3.8) is 0 Å². The van der Waals surface area contributed by atoms with Crippen molar-refractivity contribution in [1.82, 2.24) is 4.72 Å². The van der Waals surface area contributed by atoms with Crippen molar-refractivity contribution >= 4 is 15.7 Å². The Bertz CT molecular complexity index is 606. The van der Waals surface area contributed by atoms with Gasteiger partial charge >= 0.3 is 0 Å². The Labute approximate surface area is 121 Å². The third-order valence-corrected chi connectivity index (χ3v) is 6.27. The highest BCUT2D eigenvalue weighted by Gasteiger charge is 2.33. The van der Waals surface area contributed by atoms with Crippen LogP contribution in [0.25, 0.3) is 0 Å². The van der Waals surface area contributed by atoms with Crippen molar-refractivity contribution in [2.45, 2.75) is 51.9 Å². The molecule has 0 spiro atoms. The Morgan fingerprint density at radius 2 is 1.85 bits per heavy atom. The summed E-state index contributed by atoms with van der Waals surface area (Å²) in [6.45, 7) is 8.12. The highest BCUT2D eigenvalue weighted by atomic mass is 32.2. The van der Waals surface area contributed by atoms with Crippen molar-refractivity contribution in [1.29, 1.82) is 0 Å². The van der Waals surface area contributed by atoms with Gasteiger partial charge in [0.25, 0.3) is 0 Å². The topological polar surface area (TPSA) is 72.2 Å². The maximum atomic E-state index is 12.6. The lowest BCUT2D eigenvalue weighted by molar-refractivity contribution is 0.166. The minimum atomic E-state index is -3.51. The van der Waals surface area contributed by atoms with Crippen LogP contribution >= 0.6 is 0 Å². The third-order valence-electron chi connectivity index (χ3n) is 4.60. The number of benzene rings is 1. The first-order valence-corrected chi connectivity index (χ1v) is 8.50. The van der Waals surface area contributed by atoms with Gasteiger partial charge in [-0.2, -0.15) is 0 Å². The van der Waals surface area contributed by atoms with Gasteiger partial charge in [0.2, 0.25) is 10.0 Å². The lowest BCUT2D eigenvalue weighted by atomic mass is 9.71. The van der Waals surface area contributed by atoms with Crippen LogP contribution in [0.2, 0.25) is 0 Å². The molecule has 5 heteroatoms. The van der Waals surface area contributed by atoms with Gasteiger partial charge in [-0.1, -0.05) is 13.3 Å². The second kappa shape index (κ2) is 5.04. The van der Waals surface area contributed by atoms with Gasteiger partial charge in [0.15, 0.2) is 0 Å². The fourth-order valence-corrected chi connectivity index (χ4v) is 4.51. The van der Waals surface area contributed by atoms with Gasteiger partial charge in [-0.25, -0.2) is 13.1 Å². The summed E-state index contributed by atoms with van der Waals surface area (Å²) >= 11 is 0. The molecule has 1 aliphatic rings. The summed E-state index contributed by atoms with van der Waals surface area (Å²) in [4.78, 5) is 0.345. The second-order valence-corrected chi connectivity index (χ2v) is 8.05. The standard InChI is InChI=1S/C15H24N2O2S/c1-10-8-13(16)12(3)14(11(10)2)20(18,19)17-9-15(4)6-5-7-15/h8,17H,5-7,9,16H2,1-4H3. The first kappa shape index (κ1) is 15.3. The zero-order valence-corrected chi connectivity index (χ0v) is 13.5. The third kappa shape index (κ3) is 2.69. The number of aryl methyl sites for hydroxylation is 1. The number of nitrogens with one attached hydrogen (secondary N) is 1. The summed E-state index contributed by atoms with van der Waals surface area (Å²) in [5, 5.41) is 0. The number of rotatable bonds is 4. The Morgan fingerprint density at radius 1 is 1.25 bits per heavy atom. The maximum absolute atomic E-state index is 12.6. The number of anilines is 1. The molecule has 20 heavy (non-hydrogen) atoms. The van der Waals surface area contributed by atoms with Crippen molar-refractivity contribution < 1.29 is 8.42 Å². The molecule has 0 bridgehead atoms. The van der Waals surface area contributed by atoms with Crippen molar-refractivity contribution in [2.24, 2.45) is 5.41 Å². The summed E-state index contributed by atoms with van der Waals surface area (Å²) in [5.41, 5.74) is 8.88. The Hall–Kier alpha value is -1.07. The number of hydrogen-bond donors (Lipinski definition) is 2. The van der Waals surface area contributed by atoms with E-state index in [-0.39, 0.29) is 5.41 Å². The zero-order chi connectivity index (χ0) is 15.1. The van der Waals surface area contributed by atoms with Crippen LogP contribution in [-0.4, -0.2) is 15.0 Å². The van der Waals surface area contributed by atoms with E-state index in [0.717, 1.165) is 24.0 Å². The predicted molar refractivity (Wildman–Crippen MR) is 82.2 cm³/mol. The SMILES string of the molecule is Cc1cc(N)c(C)c(S(=O)(=O)NCC2(C)CCC2)c1C. The molecule has 3 N–H and O–H groups in total.